The second-order valence-electron chi connectivity index (χ2n) is 11.2. The molecule has 1 N–H and O–H groups in total. The molecule has 1 saturated heterocycles. The molecule has 3 heterocycles. The van der Waals surface area contributed by atoms with Gasteiger partial charge in [-0.15, -0.1) is 5.10 Å². The van der Waals surface area contributed by atoms with Gasteiger partial charge < -0.3 is 9.64 Å². The van der Waals surface area contributed by atoms with Gasteiger partial charge in [0.25, 0.3) is 5.91 Å². The average molecular weight is 490 g/mol. The number of carbonyl (C=O) groups is 1. The Morgan fingerprint density at radius 3 is 2.50 bits per heavy atom. The molecule has 0 spiro atoms. The van der Waals surface area contributed by atoms with Gasteiger partial charge in [0.05, 0.1) is 17.4 Å². The fourth-order valence-corrected chi connectivity index (χ4v) is 5.30. The Morgan fingerprint density at radius 1 is 1.21 bits per heavy atom. The molecule has 2 fully saturated rings. The summed E-state index contributed by atoms with van der Waals surface area (Å²) in [7, 11) is -3.67. The second-order valence-corrected chi connectivity index (χ2v) is 13.1. The second kappa shape index (κ2) is 8.55. The molecule has 0 aromatic carbocycles. The van der Waals surface area contributed by atoms with Crippen molar-refractivity contribution in [1.29, 1.82) is 0 Å². The molecule has 1 unspecified atom stereocenters. The number of nitrogens with zero attached hydrogens (tertiary/aromatic N) is 4. The standard InChI is InChI=1S/C24H35N5O4S/c1-16-11-13-28(24(16,5)6)21-18(22(30)27-34(31,32)17-7-8-17)9-10-19(25-21)29-14-12-20(26-29)33-15-23(2,3)4/h9-10,12,14,16-17H,7-8,11,13,15H2,1-6H3,(H,27,30). The summed E-state index contributed by atoms with van der Waals surface area (Å²) in [6, 6.07) is 5.08. The number of aromatic nitrogens is 3. The molecule has 9 nitrogen and oxygen atoms in total. The van der Waals surface area contributed by atoms with Crippen molar-refractivity contribution in [2.45, 2.75) is 71.6 Å². The molecular formula is C24H35N5O4S. The van der Waals surface area contributed by atoms with Crippen LogP contribution in [-0.2, 0) is 10.0 Å². The number of rotatable bonds is 7. The molecular weight excluding hydrogens is 454 g/mol. The fourth-order valence-electron chi connectivity index (χ4n) is 4.01. The topological polar surface area (TPSA) is 106 Å². The first-order chi connectivity index (χ1) is 15.8. The minimum atomic E-state index is -3.67. The lowest BCUT2D eigenvalue weighted by atomic mass is 9.90. The van der Waals surface area contributed by atoms with E-state index in [1.165, 1.54) is 0 Å². The number of pyridine rings is 1. The van der Waals surface area contributed by atoms with Gasteiger partial charge in [-0.25, -0.2) is 22.8 Å². The normalized spacial score (nSPS) is 20.4. The van der Waals surface area contributed by atoms with Gasteiger partial charge in [-0.05, 0) is 56.6 Å². The van der Waals surface area contributed by atoms with Crippen LogP contribution in [0.1, 0.15) is 71.2 Å². The van der Waals surface area contributed by atoms with Crippen molar-refractivity contribution >= 4 is 21.7 Å². The fraction of sp³-hybridized carbons (Fsp3) is 0.625. The zero-order valence-corrected chi connectivity index (χ0v) is 21.6. The number of amides is 1. The summed E-state index contributed by atoms with van der Waals surface area (Å²) in [6.07, 6.45) is 3.89. The predicted molar refractivity (Wildman–Crippen MR) is 131 cm³/mol. The summed E-state index contributed by atoms with van der Waals surface area (Å²) in [4.78, 5) is 20.0. The van der Waals surface area contributed by atoms with Crippen molar-refractivity contribution in [3.05, 3.63) is 30.0 Å². The van der Waals surface area contributed by atoms with E-state index in [4.69, 9.17) is 9.72 Å². The van der Waals surface area contributed by atoms with Gasteiger partial charge in [0.2, 0.25) is 15.9 Å². The van der Waals surface area contributed by atoms with Crippen LogP contribution in [0.15, 0.2) is 24.4 Å². The van der Waals surface area contributed by atoms with E-state index in [0.29, 0.717) is 42.9 Å². The van der Waals surface area contributed by atoms with Gasteiger partial charge in [0.15, 0.2) is 5.82 Å². The summed E-state index contributed by atoms with van der Waals surface area (Å²) in [5.41, 5.74) is -0.00373. The number of hydrogen-bond acceptors (Lipinski definition) is 7. The first-order valence-electron chi connectivity index (χ1n) is 11.8. The number of ether oxygens (including phenoxy) is 1. The van der Waals surface area contributed by atoms with Gasteiger partial charge in [0.1, 0.15) is 5.82 Å². The molecule has 1 saturated carbocycles. The third kappa shape index (κ3) is 5.06. The molecule has 2 aromatic heterocycles. The van der Waals surface area contributed by atoms with Gasteiger partial charge >= 0.3 is 0 Å². The lowest BCUT2D eigenvalue weighted by molar-refractivity contribution is 0.0981. The van der Waals surface area contributed by atoms with Gasteiger partial charge in [0, 0.05) is 24.3 Å². The molecule has 2 aliphatic rings. The smallest absolute Gasteiger partial charge is 0.268 e. The highest BCUT2D eigenvalue weighted by molar-refractivity contribution is 7.91. The van der Waals surface area contributed by atoms with Crippen molar-refractivity contribution in [2.75, 3.05) is 18.1 Å². The SMILES string of the molecule is CC1CCN(c2nc(-n3ccc(OCC(C)(C)C)n3)ccc2C(=O)NS(=O)(=O)C2CC2)C1(C)C. The van der Waals surface area contributed by atoms with E-state index in [9.17, 15) is 13.2 Å². The van der Waals surface area contributed by atoms with Crippen molar-refractivity contribution in [3.8, 4) is 11.7 Å². The lowest BCUT2D eigenvalue weighted by Crippen LogP contribution is -2.44. The van der Waals surface area contributed by atoms with E-state index in [1.807, 2.05) is 0 Å². The number of nitrogens with one attached hydrogen (secondary N) is 1. The number of hydrogen-bond donors (Lipinski definition) is 1. The van der Waals surface area contributed by atoms with E-state index >= 15 is 0 Å². The molecule has 1 aliphatic carbocycles. The minimum absolute atomic E-state index is 0.00302. The average Bonchev–Trinajstić information content (AvgIpc) is 3.44. The molecule has 2 aromatic rings. The molecule has 34 heavy (non-hydrogen) atoms. The molecule has 1 atom stereocenters. The van der Waals surface area contributed by atoms with E-state index in [2.05, 4.69) is 56.3 Å². The molecule has 0 radical (unpaired) electrons. The summed E-state index contributed by atoms with van der Waals surface area (Å²) >= 11 is 0. The van der Waals surface area contributed by atoms with Crippen LogP contribution in [0, 0.1) is 11.3 Å². The van der Waals surface area contributed by atoms with Crippen LogP contribution in [0.3, 0.4) is 0 Å². The first kappa shape index (κ1) is 24.5. The van der Waals surface area contributed by atoms with E-state index in [0.717, 1.165) is 13.0 Å². The van der Waals surface area contributed by atoms with Crippen molar-refractivity contribution in [1.82, 2.24) is 19.5 Å². The number of sulfonamides is 1. The summed E-state index contributed by atoms with van der Waals surface area (Å²) < 4.78 is 34.5. The van der Waals surface area contributed by atoms with Crippen LogP contribution < -0.4 is 14.4 Å². The van der Waals surface area contributed by atoms with Gasteiger partial charge in [-0.2, -0.15) is 0 Å². The zero-order chi connectivity index (χ0) is 24.9. The van der Waals surface area contributed by atoms with Crippen LogP contribution in [-0.4, -0.2) is 53.0 Å². The Labute approximate surface area is 201 Å². The predicted octanol–water partition coefficient (Wildman–Crippen LogP) is 3.54. The largest absolute Gasteiger partial charge is 0.476 e. The minimum Gasteiger partial charge on any atom is -0.476 e. The van der Waals surface area contributed by atoms with E-state index in [-0.39, 0.29) is 16.5 Å². The molecule has 10 heteroatoms. The monoisotopic (exact) mass is 489 g/mol. The Kier molecular flexibility index (Phi) is 6.16. The summed E-state index contributed by atoms with van der Waals surface area (Å²) in [6.45, 7) is 13.9. The third-order valence-corrected chi connectivity index (χ3v) is 8.52. The maximum absolute atomic E-state index is 13.1. The van der Waals surface area contributed by atoms with Crippen molar-refractivity contribution < 1.29 is 17.9 Å². The first-order valence-corrected chi connectivity index (χ1v) is 13.4. The Balaban J connectivity index is 1.68. The molecule has 1 aliphatic heterocycles. The molecule has 186 valence electrons. The van der Waals surface area contributed by atoms with Crippen LogP contribution in [0.5, 0.6) is 5.88 Å². The highest BCUT2D eigenvalue weighted by Crippen LogP contribution is 2.39. The summed E-state index contributed by atoms with van der Waals surface area (Å²) in [5.74, 6) is 1.21. The summed E-state index contributed by atoms with van der Waals surface area (Å²) in [5, 5.41) is 4.00. The Hall–Kier alpha value is -2.62. The lowest BCUT2D eigenvalue weighted by Gasteiger charge is -2.36. The van der Waals surface area contributed by atoms with Gasteiger partial charge in [-0.3, -0.25) is 4.79 Å². The highest BCUT2D eigenvalue weighted by atomic mass is 32.2. The molecule has 4 rings (SSSR count). The Morgan fingerprint density at radius 2 is 1.91 bits per heavy atom. The van der Waals surface area contributed by atoms with E-state index in [1.54, 1.807) is 29.1 Å². The Bertz CT molecular complexity index is 1180. The molecule has 1 amide bonds. The zero-order valence-electron chi connectivity index (χ0n) is 20.8. The quantitative estimate of drug-likeness (QED) is 0.634. The highest BCUT2D eigenvalue weighted by Gasteiger charge is 2.42. The third-order valence-electron chi connectivity index (χ3n) is 6.70. The maximum atomic E-state index is 13.1. The van der Waals surface area contributed by atoms with Crippen LogP contribution in [0.25, 0.3) is 5.82 Å². The van der Waals surface area contributed by atoms with E-state index < -0.39 is 21.2 Å². The molecule has 0 bridgehead atoms. The van der Waals surface area contributed by atoms with Crippen molar-refractivity contribution in [3.63, 3.8) is 0 Å². The number of anilines is 1. The van der Waals surface area contributed by atoms with Gasteiger partial charge in [-0.1, -0.05) is 27.7 Å². The van der Waals surface area contributed by atoms with Crippen LogP contribution in [0.2, 0.25) is 0 Å². The van der Waals surface area contributed by atoms with Crippen LogP contribution >= 0.6 is 0 Å². The maximum Gasteiger partial charge on any atom is 0.268 e. The number of carbonyl (C=O) groups excluding carboxylic acids is 1. The van der Waals surface area contributed by atoms with Crippen molar-refractivity contribution in [2.24, 2.45) is 11.3 Å². The van der Waals surface area contributed by atoms with Crippen LogP contribution in [0.4, 0.5) is 5.82 Å².